The average Bonchev–Trinajstić information content (AvgIpc) is 3.00. The quantitative estimate of drug-likeness (QED) is 0.777. The highest BCUT2D eigenvalue weighted by Gasteiger charge is 2.15. The summed E-state index contributed by atoms with van der Waals surface area (Å²) in [6.45, 7) is 1.94. The zero-order valence-electron chi connectivity index (χ0n) is 10.8. The van der Waals surface area contributed by atoms with Gasteiger partial charge in [-0.2, -0.15) is 10.2 Å². The minimum absolute atomic E-state index is 0.140. The summed E-state index contributed by atoms with van der Waals surface area (Å²) in [5.74, 6) is 0.416. The Morgan fingerprint density at radius 3 is 2.79 bits per heavy atom. The molecular formula is C12H13N5OS. The van der Waals surface area contributed by atoms with Crippen LogP contribution >= 0.6 is 11.3 Å². The van der Waals surface area contributed by atoms with Crippen LogP contribution in [0.4, 0.5) is 5.82 Å². The van der Waals surface area contributed by atoms with Crippen molar-refractivity contribution in [2.24, 2.45) is 14.1 Å². The molecule has 0 spiro atoms. The standard InChI is InChI=1S/C12H13N5OS/c1-7-8-6-9(19-12(8)17(3)14-7)11(18)13-10-4-5-16(2)15-10/h4-6H,1-3H3,(H,13,15,18). The van der Waals surface area contributed by atoms with Gasteiger partial charge >= 0.3 is 0 Å². The first-order valence-electron chi connectivity index (χ1n) is 5.79. The van der Waals surface area contributed by atoms with Gasteiger partial charge in [-0.3, -0.25) is 14.2 Å². The Bertz CT molecular complexity index is 732. The number of aryl methyl sites for hydroxylation is 3. The van der Waals surface area contributed by atoms with Crippen LogP contribution in [0.3, 0.4) is 0 Å². The lowest BCUT2D eigenvalue weighted by Crippen LogP contribution is -2.10. The highest BCUT2D eigenvalue weighted by atomic mass is 32.1. The van der Waals surface area contributed by atoms with Crippen LogP contribution in [-0.4, -0.2) is 25.5 Å². The topological polar surface area (TPSA) is 64.7 Å². The van der Waals surface area contributed by atoms with E-state index in [1.165, 1.54) is 11.3 Å². The van der Waals surface area contributed by atoms with Crippen LogP contribution in [0, 0.1) is 6.92 Å². The van der Waals surface area contributed by atoms with Gasteiger partial charge in [-0.1, -0.05) is 0 Å². The minimum atomic E-state index is -0.140. The van der Waals surface area contributed by atoms with E-state index in [-0.39, 0.29) is 5.91 Å². The van der Waals surface area contributed by atoms with Crippen LogP contribution in [-0.2, 0) is 14.1 Å². The number of nitrogens with zero attached hydrogens (tertiary/aromatic N) is 4. The molecule has 19 heavy (non-hydrogen) atoms. The lowest BCUT2D eigenvalue weighted by Gasteiger charge is -1.98. The van der Waals surface area contributed by atoms with E-state index in [1.807, 2.05) is 27.1 Å². The Morgan fingerprint density at radius 2 is 2.16 bits per heavy atom. The molecule has 1 N–H and O–H groups in total. The number of fused-ring (bicyclic) bond motifs is 1. The molecule has 0 atom stereocenters. The molecule has 0 saturated carbocycles. The summed E-state index contributed by atoms with van der Waals surface area (Å²) in [6.07, 6.45) is 1.79. The molecule has 3 aromatic rings. The molecule has 6 nitrogen and oxygen atoms in total. The fraction of sp³-hybridized carbons (Fsp3) is 0.250. The first kappa shape index (κ1) is 11.9. The maximum atomic E-state index is 12.1. The molecule has 0 aliphatic rings. The van der Waals surface area contributed by atoms with Crippen LogP contribution in [0.5, 0.6) is 0 Å². The van der Waals surface area contributed by atoms with E-state index in [0.717, 1.165) is 15.9 Å². The summed E-state index contributed by atoms with van der Waals surface area (Å²) in [5.41, 5.74) is 0.936. The Balaban J connectivity index is 1.91. The molecule has 3 heterocycles. The van der Waals surface area contributed by atoms with Crippen molar-refractivity contribution in [2.75, 3.05) is 5.32 Å². The number of aromatic nitrogens is 4. The number of hydrogen-bond acceptors (Lipinski definition) is 4. The van der Waals surface area contributed by atoms with E-state index in [4.69, 9.17) is 0 Å². The zero-order valence-corrected chi connectivity index (χ0v) is 11.7. The second-order valence-corrected chi connectivity index (χ2v) is 5.40. The van der Waals surface area contributed by atoms with E-state index >= 15 is 0 Å². The summed E-state index contributed by atoms with van der Waals surface area (Å²) in [5, 5.41) is 12.2. The third-order valence-electron chi connectivity index (χ3n) is 2.88. The van der Waals surface area contributed by atoms with Gasteiger partial charge in [0.05, 0.1) is 10.6 Å². The van der Waals surface area contributed by atoms with Crippen molar-refractivity contribution in [3.63, 3.8) is 0 Å². The predicted molar refractivity (Wildman–Crippen MR) is 74.5 cm³/mol. The van der Waals surface area contributed by atoms with Gasteiger partial charge in [0.1, 0.15) is 4.83 Å². The molecular weight excluding hydrogens is 262 g/mol. The summed E-state index contributed by atoms with van der Waals surface area (Å²) in [6, 6.07) is 3.64. The molecule has 0 aliphatic carbocycles. The Labute approximate surface area is 113 Å². The number of carbonyl (C=O) groups is 1. The van der Waals surface area contributed by atoms with Crippen molar-refractivity contribution >= 4 is 33.3 Å². The van der Waals surface area contributed by atoms with Crippen LogP contribution in [0.25, 0.3) is 10.2 Å². The second-order valence-electron chi connectivity index (χ2n) is 4.37. The molecule has 0 bridgehead atoms. The van der Waals surface area contributed by atoms with Crippen LogP contribution < -0.4 is 5.32 Å². The molecule has 0 aliphatic heterocycles. The van der Waals surface area contributed by atoms with Gasteiger partial charge in [0.2, 0.25) is 0 Å². The Hall–Kier alpha value is -2.15. The van der Waals surface area contributed by atoms with Gasteiger partial charge in [-0.15, -0.1) is 11.3 Å². The number of amides is 1. The van der Waals surface area contributed by atoms with Crippen molar-refractivity contribution in [1.82, 2.24) is 19.6 Å². The Kier molecular flexibility index (Phi) is 2.63. The van der Waals surface area contributed by atoms with Crippen molar-refractivity contribution in [3.8, 4) is 0 Å². The SMILES string of the molecule is Cc1nn(C)c2sc(C(=O)Nc3ccn(C)n3)cc12. The number of hydrogen-bond donors (Lipinski definition) is 1. The lowest BCUT2D eigenvalue weighted by atomic mass is 10.3. The predicted octanol–water partition coefficient (Wildman–Crippen LogP) is 1.93. The monoisotopic (exact) mass is 275 g/mol. The van der Waals surface area contributed by atoms with Gasteiger partial charge in [-0.05, 0) is 13.0 Å². The number of rotatable bonds is 2. The normalized spacial score (nSPS) is 11.1. The van der Waals surface area contributed by atoms with E-state index in [1.54, 1.807) is 21.6 Å². The molecule has 3 aromatic heterocycles. The van der Waals surface area contributed by atoms with Crippen LogP contribution in [0.1, 0.15) is 15.4 Å². The zero-order chi connectivity index (χ0) is 13.6. The van der Waals surface area contributed by atoms with Gasteiger partial charge in [-0.25, -0.2) is 0 Å². The van der Waals surface area contributed by atoms with E-state index in [2.05, 4.69) is 15.5 Å². The van der Waals surface area contributed by atoms with Crippen LogP contribution in [0.2, 0.25) is 0 Å². The van der Waals surface area contributed by atoms with Crippen molar-refractivity contribution in [2.45, 2.75) is 6.92 Å². The third kappa shape index (κ3) is 2.01. The van der Waals surface area contributed by atoms with Crippen LogP contribution in [0.15, 0.2) is 18.3 Å². The number of nitrogens with one attached hydrogen (secondary N) is 1. The Morgan fingerprint density at radius 1 is 1.37 bits per heavy atom. The first-order chi connectivity index (χ1) is 9.04. The summed E-state index contributed by atoms with van der Waals surface area (Å²) in [4.78, 5) is 13.8. The van der Waals surface area contributed by atoms with Crippen molar-refractivity contribution < 1.29 is 4.79 Å². The van der Waals surface area contributed by atoms with Gasteiger partial charge < -0.3 is 5.32 Å². The van der Waals surface area contributed by atoms with Gasteiger partial charge in [0.25, 0.3) is 5.91 Å². The smallest absolute Gasteiger partial charge is 0.267 e. The number of thiophene rings is 1. The largest absolute Gasteiger partial charge is 0.304 e. The number of carbonyl (C=O) groups excluding carboxylic acids is 1. The molecule has 0 unspecified atom stereocenters. The third-order valence-corrected chi connectivity index (χ3v) is 4.08. The summed E-state index contributed by atoms with van der Waals surface area (Å²) in [7, 11) is 3.69. The van der Waals surface area contributed by atoms with E-state index in [0.29, 0.717) is 10.7 Å². The molecule has 0 saturated heterocycles. The molecule has 1 amide bonds. The average molecular weight is 275 g/mol. The summed E-state index contributed by atoms with van der Waals surface area (Å²) < 4.78 is 3.45. The highest BCUT2D eigenvalue weighted by Crippen LogP contribution is 2.28. The van der Waals surface area contributed by atoms with Crippen molar-refractivity contribution in [1.29, 1.82) is 0 Å². The fourth-order valence-corrected chi connectivity index (χ4v) is 3.00. The van der Waals surface area contributed by atoms with Crippen molar-refractivity contribution in [3.05, 3.63) is 28.9 Å². The molecule has 98 valence electrons. The second kappa shape index (κ2) is 4.20. The molecule has 7 heteroatoms. The van der Waals surface area contributed by atoms with E-state index < -0.39 is 0 Å². The minimum Gasteiger partial charge on any atom is -0.304 e. The fourth-order valence-electron chi connectivity index (χ4n) is 1.98. The van der Waals surface area contributed by atoms with E-state index in [9.17, 15) is 4.79 Å². The van der Waals surface area contributed by atoms with Gasteiger partial charge in [0, 0.05) is 31.7 Å². The highest BCUT2D eigenvalue weighted by molar-refractivity contribution is 7.20. The molecule has 3 rings (SSSR count). The molecule has 0 aromatic carbocycles. The maximum absolute atomic E-state index is 12.1. The van der Waals surface area contributed by atoms with Gasteiger partial charge in [0.15, 0.2) is 5.82 Å². The molecule has 0 fully saturated rings. The maximum Gasteiger partial charge on any atom is 0.267 e. The first-order valence-corrected chi connectivity index (χ1v) is 6.60. The number of anilines is 1. The molecule has 0 radical (unpaired) electrons. The lowest BCUT2D eigenvalue weighted by molar-refractivity contribution is 0.103. The summed E-state index contributed by atoms with van der Waals surface area (Å²) >= 11 is 1.43.